The number of para-hydroxylation sites is 1. The van der Waals surface area contributed by atoms with E-state index in [1.807, 2.05) is 7.05 Å². The summed E-state index contributed by atoms with van der Waals surface area (Å²) in [5, 5.41) is 5.71. The number of benzene rings is 1. The van der Waals surface area contributed by atoms with Gasteiger partial charge in [-0.25, -0.2) is 9.18 Å². The Hall–Kier alpha value is -1.33. The zero-order chi connectivity index (χ0) is 12.3. The molecule has 0 aromatic heterocycles. The van der Waals surface area contributed by atoms with Gasteiger partial charge in [0.2, 0.25) is 0 Å². The molecule has 1 saturated heterocycles. The lowest BCUT2D eigenvalue weighted by atomic mass is 10.3. The van der Waals surface area contributed by atoms with E-state index in [2.05, 4.69) is 10.6 Å². The van der Waals surface area contributed by atoms with Crippen molar-refractivity contribution in [3.63, 3.8) is 0 Å². The Morgan fingerprint density at radius 3 is 2.78 bits per heavy atom. The molecule has 4 nitrogen and oxygen atoms in total. The van der Waals surface area contributed by atoms with Crippen LogP contribution in [0.3, 0.4) is 0 Å². The van der Waals surface area contributed by atoms with Crippen LogP contribution in [0.15, 0.2) is 24.3 Å². The van der Waals surface area contributed by atoms with Gasteiger partial charge in [-0.2, -0.15) is 0 Å². The highest BCUT2D eigenvalue weighted by molar-refractivity contribution is 5.89. The number of hydrogen-bond acceptors (Lipinski definition) is 2. The highest BCUT2D eigenvalue weighted by Crippen LogP contribution is 2.15. The van der Waals surface area contributed by atoms with Crippen molar-refractivity contribution in [1.82, 2.24) is 10.2 Å². The van der Waals surface area contributed by atoms with E-state index < -0.39 is 5.82 Å². The second kappa shape index (κ2) is 6.56. The first-order valence-corrected chi connectivity index (χ1v) is 5.68. The van der Waals surface area contributed by atoms with Crippen molar-refractivity contribution in [2.24, 2.45) is 0 Å². The fourth-order valence-corrected chi connectivity index (χ4v) is 1.94. The van der Waals surface area contributed by atoms with E-state index in [0.29, 0.717) is 19.1 Å². The molecule has 1 aliphatic rings. The third-order valence-electron chi connectivity index (χ3n) is 3.00. The average Bonchev–Trinajstić information content (AvgIpc) is 2.81. The highest BCUT2D eigenvalue weighted by atomic mass is 35.5. The van der Waals surface area contributed by atoms with Crippen LogP contribution >= 0.6 is 12.4 Å². The lowest BCUT2D eigenvalue weighted by Crippen LogP contribution is -2.36. The summed E-state index contributed by atoms with van der Waals surface area (Å²) in [5.74, 6) is -0.412. The van der Waals surface area contributed by atoms with Crippen molar-refractivity contribution >= 4 is 24.1 Å². The van der Waals surface area contributed by atoms with E-state index in [0.717, 1.165) is 6.42 Å². The Morgan fingerprint density at radius 2 is 2.17 bits per heavy atom. The smallest absolute Gasteiger partial charge is 0.321 e. The van der Waals surface area contributed by atoms with Gasteiger partial charge in [-0.1, -0.05) is 12.1 Å². The van der Waals surface area contributed by atoms with Crippen LogP contribution in [-0.4, -0.2) is 37.1 Å². The second-order valence-electron chi connectivity index (χ2n) is 4.13. The van der Waals surface area contributed by atoms with Gasteiger partial charge in [0.05, 0.1) is 5.69 Å². The zero-order valence-electron chi connectivity index (χ0n) is 10.1. The summed E-state index contributed by atoms with van der Waals surface area (Å²) in [6.07, 6.45) is 0.932. The first kappa shape index (κ1) is 14.7. The van der Waals surface area contributed by atoms with Crippen molar-refractivity contribution in [1.29, 1.82) is 0 Å². The normalized spacial score (nSPS) is 18.3. The van der Waals surface area contributed by atoms with E-state index in [1.54, 1.807) is 23.1 Å². The number of halogens is 2. The monoisotopic (exact) mass is 273 g/mol. The number of rotatable bonds is 2. The number of amides is 2. The summed E-state index contributed by atoms with van der Waals surface area (Å²) in [6, 6.07) is 6.26. The summed E-state index contributed by atoms with van der Waals surface area (Å²) in [4.78, 5) is 13.5. The number of likely N-dealkylation sites (tertiary alicyclic amines) is 1. The number of hydrogen-bond donors (Lipinski definition) is 2. The van der Waals surface area contributed by atoms with Gasteiger partial charge in [-0.15, -0.1) is 12.4 Å². The molecular formula is C12H17ClFN3O. The quantitative estimate of drug-likeness (QED) is 0.866. The molecule has 0 radical (unpaired) electrons. The molecule has 2 N–H and O–H groups in total. The van der Waals surface area contributed by atoms with E-state index in [4.69, 9.17) is 0 Å². The Bertz CT molecular complexity index is 416. The van der Waals surface area contributed by atoms with Crippen molar-refractivity contribution in [2.45, 2.75) is 12.5 Å². The summed E-state index contributed by atoms with van der Waals surface area (Å²) in [5.41, 5.74) is 0.227. The van der Waals surface area contributed by atoms with E-state index in [-0.39, 0.29) is 24.1 Å². The van der Waals surface area contributed by atoms with Gasteiger partial charge < -0.3 is 15.5 Å². The Morgan fingerprint density at radius 1 is 1.44 bits per heavy atom. The topological polar surface area (TPSA) is 44.4 Å². The maximum Gasteiger partial charge on any atom is 0.321 e. The van der Waals surface area contributed by atoms with Crippen LogP contribution in [-0.2, 0) is 0 Å². The summed E-state index contributed by atoms with van der Waals surface area (Å²) in [7, 11) is 1.88. The SMILES string of the molecule is CN[C@H]1CCN(C(=O)Nc2ccccc2F)C1.Cl. The number of carbonyl (C=O) groups excluding carboxylic acids is 1. The fourth-order valence-electron chi connectivity index (χ4n) is 1.94. The Kier molecular flexibility index (Phi) is 5.37. The molecule has 18 heavy (non-hydrogen) atoms. The molecule has 0 bridgehead atoms. The molecule has 100 valence electrons. The summed E-state index contributed by atoms with van der Waals surface area (Å²) < 4.78 is 13.3. The van der Waals surface area contributed by atoms with Crippen LogP contribution < -0.4 is 10.6 Å². The van der Waals surface area contributed by atoms with E-state index in [1.165, 1.54) is 6.07 Å². The van der Waals surface area contributed by atoms with Crippen LogP contribution in [0.1, 0.15) is 6.42 Å². The molecule has 6 heteroatoms. The van der Waals surface area contributed by atoms with Crippen LogP contribution in [0.25, 0.3) is 0 Å². The molecule has 0 spiro atoms. The van der Waals surface area contributed by atoms with Crippen molar-refractivity contribution in [3.8, 4) is 0 Å². The Labute approximate surface area is 112 Å². The van der Waals surface area contributed by atoms with Crippen LogP contribution in [0.2, 0.25) is 0 Å². The van der Waals surface area contributed by atoms with Crippen LogP contribution in [0.5, 0.6) is 0 Å². The van der Waals surface area contributed by atoms with Gasteiger partial charge in [0.25, 0.3) is 0 Å². The van der Waals surface area contributed by atoms with Crippen molar-refractivity contribution < 1.29 is 9.18 Å². The molecule has 1 aliphatic heterocycles. The molecule has 0 unspecified atom stereocenters. The fraction of sp³-hybridized carbons (Fsp3) is 0.417. The number of likely N-dealkylation sites (N-methyl/N-ethyl adjacent to an activating group) is 1. The lowest BCUT2D eigenvalue weighted by molar-refractivity contribution is 0.221. The van der Waals surface area contributed by atoms with Gasteiger partial charge in [-0.05, 0) is 25.6 Å². The van der Waals surface area contributed by atoms with Crippen LogP contribution in [0, 0.1) is 5.82 Å². The molecule has 0 aliphatic carbocycles. The van der Waals surface area contributed by atoms with Crippen molar-refractivity contribution in [3.05, 3.63) is 30.1 Å². The minimum atomic E-state index is -0.412. The first-order chi connectivity index (χ1) is 8.20. The molecule has 1 aromatic carbocycles. The molecular weight excluding hydrogens is 257 g/mol. The third-order valence-corrected chi connectivity index (χ3v) is 3.00. The van der Waals surface area contributed by atoms with Crippen LogP contribution in [0.4, 0.5) is 14.9 Å². The molecule has 2 rings (SSSR count). The molecule has 2 amide bonds. The van der Waals surface area contributed by atoms with Gasteiger partial charge in [-0.3, -0.25) is 0 Å². The second-order valence-corrected chi connectivity index (χ2v) is 4.13. The van der Waals surface area contributed by atoms with E-state index in [9.17, 15) is 9.18 Å². The van der Waals surface area contributed by atoms with Crippen molar-refractivity contribution in [2.75, 3.05) is 25.5 Å². The first-order valence-electron chi connectivity index (χ1n) is 5.68. The third kappa shape index (κ3) is 3.34. The maximum absolute atomic E-state index is 13.3. The Balaban J connectivity index is 0.00000162. The number of nitrogens with one attached hydrogen (secondary N) is 2. The number of urea groups is 1. The summed E-state index contributed by atoms with van der Waals surface area (Å²) in [6.45, 7) is 1.36. The predicted molar refractivity (Wildman–Crippen MR) is 71.7 cm³/mol. The molecule has 1 fully saturated rings. The minimum absolute atomic E-state index is 0. The molecule has 1 aromatic rings. The molecule has 0 saturated carbocycles. The predicted octanol–water partition coefficient (Wildman–Crippen LogP) is 2.07. The molecule has 1 atom stereocenters. The zero-order valence-corrected chi connectivity index (χ0v) is 11.0. The standard InChI is InChI=1S/C12H16FN3O.ClH/c1-14-9-6-7-16(8-9)12(17)15-11-5-3-2-4-10(11)13;/h2-5,9,14H,6-8H2,1H3,(H,15,17);1H/t9-;/m0./s1. The summed E-state index contributed by atoms with van der Waals surface area (Å²) >= 11 is 0. The average molecular weight is 274 g/mol. The number of anilines is 1. The van der Waals surface area contributed by atoms with Gasteiger partial charge in [0, 0.05) is 19.1 Å². The van der Waals surface area contributed by atoms with E-state index >= 15 is 0 Å². The van der Waals surface area contributed by atoms with Gasteiger partial charge in [0.1, 0.15) is 5.82 Å². The minimum Gasteiger partial charge on any atom is -0.323 e. The van der Waals surface area contributed by atoms with Gasteiger partial charge >= 0.3 is 6.03 Å². The van der Waals surface area contributed by atoms with Gasteiger partial charge in [0.15, 0.2) is 0 Å². The molecule has 1 heterocycles. The number of carbonyl (C=O) groups is 1. The highest BCUT2D eigenvalue weighted by Gasteiger charge is 2.25. The lowest BCUT2D eigenvalue weighted by Gasteiger charge is -2.17. The number of nitrogens with zero attached hydrogens (tertiary/aromatic N) is 1. The largest absolute Gasteiger partial charge is 0.323 e. The maximum atomic E-state index is 13.3.